The largest absolute Gasteiger partial charge is 0.376 e. The Bertz CT molecular complexity index is 638. The molecule has 0 aliphatic carbocycles. The molecule has 0 atom stereocenters. The van der Waals surface area contributed by atoms with Gasteiger partial charge in [0.15, 0.2) is 0 Å². The van der Waals surface area contributed by atoms with Crippen LogP contribution in [0.2, 0.25) is 0 Å². The Morgan fingerprint density at radius 2 is 1.82 bits per heavy atom. The maximum atomic E-state index is 12.5. The molecule has 0 saturated carbocycles. The number of para-hydroxylation sites is 1. The van der Waals surface area contributed by atoms with Crippen LogP contribution in [0.25, 0.3) is 0 Å². The summed E-state index contributed by atoms with van der Waals surface area (Å²) in [5.74, 6) is -2.83. The Morgan fingerprint density at radius 1 is 1.14 bits per heavy atom. The van der Waals surface area contributed by atoms with E-state index >= 15 is 0 Å². The van der Waals surface area contributed by atoms with Crippen LogP contribution >= 0.6 is 27.7 Å². The minimum Gasteiger partial charge on any atom is -0.376 e. The monoisotopic (exact) mass is 386 g/mol. The summed E-state index contributed by atoms with van der Waals surface area (Å²) in [4.78, 5) is 12.3. The number of halogens is 3. The molecule has 7 heteroatoms. The first-order chi connectivity index (χ1) is 10.5. The Kier molecular flexibility index (Phi) is 6.21. The summed E-state index contributed by atoms with van der Waals surface area (Å²) in [6.07, 6.45) is 0. The average molecular weight is 387 g/mol. The smallest absolute Gasteiger partial charge is 0.288 e. The first-order valence-corrected chi connectivity index (χ1v) is 8.05. The molecule has 22 heavy (non-hydrogen) atoms. The number of hydrogen-bond donors (Lipinski definition) is 2. The summed E-state index contributed by atoms with van der Waals surface area (Å²) < 4.78 is 25.9. The lowest BCUT2D eigenvalue weighted by Gasteiger charge is -2.11. The minimum absolute atomic E-state index is 0.0509. The molecular formula is C15H13BrF2N2OS. The topological polar surface area (TPSA) is 41.1 Å². The lowest BCUT2D eigenvalue weighted by atomic mass is 10.3. The Hall–Kier alpha value is -1.60. The van der Waals surface area contributed by atoms with Crippen molar-refractivity contribution < 1.29 is 13.6 Å². The van der Waals surface area contributed by atoms with Crippen LogP contribution < -0.4 is 10.6 Å². The first kappa shape index (κ1) is 16.8. The van der Waals surface area contributed by atoms with Crippen molar-refractivity contribution in [3.8, 4) is 0 Å². The van der Waals surface area contributed by atoms with Gasteiger partial charge in [0.05, 0.1) is 12.2 Å². The van der Waals surface area contributed by atoms with Crippen LogP contribution in [-0.4, -0.2) is 18.2 Å². The van der Waals surface area contributed by atoms with Crippen LogP contribution in [0, 0.1) is 0 Å². The molecule has 2 N–H and O–H groups in total. The van der Waals surface area contributed by atoms with E-state index in [1.54, 1.807) is 24.3 Å². The summed E-state index contributed by atoms with van der Waals surface area (Å²) in [6, 6.07) is 13.9. The van der Waals surface area contributed by atoms with Gasteiger partial charge in [-0.3, -0.25) is 4.79 Å². The molecule has 0 fully saturated rings. The molecule has 3 nitrogen and oxygen atoms in total. The standard InChI is InChI=1S/C15H13BrF2N2OS/c16-10-5-7-11(8-6-10)19-9-14(21)20-12-3-1-2-4-13(12)22-15(17)18/h1-8,15,19H,9H2,(H,20,21). The number of thioether (sulfide) groups is 1. The minimum atomic E-state index is -2.53. The van der Waals surface area contributed by atoms with Gasteiger partial charge in [-0.05, 0) is 36.4 Å². The van der Waals surface area contributed by atoms with Gasteiger partial charge < -0.3 is 10.6 Å². The van der Waals surface area contributed by atoms with Gasteiger partial charge in [0.25, 0.3) is 5.76 Å². The zero-order chi connectivity index (χ0) is 15.9. The highest BCUT2D eigenvalue weighted by molar-refractivity contribution is 9.10. The van der Waals surface area contributed by atoms with Crippen molar-refractivity contribution in [1.29, 1.82) is 0 Å². The summed E-state index contributed by atoms with van der Waals surface area (Å²) in [5.41, 5.74) is 1.18. The zero-order valence-corrected chi connectivity index (χ0v) is 13.8. The number of carbonyl (C=O) groups is 1. The summed E-state index contributed by atoms with van der Waals surface area (Å²) >= 11 is 3.74. The maximum Gasteiger partial charge on any atom is 0.288 e. The molecule has 0 aliphatic rings. The number of hydrogen-bond acceptors (Lipinski definition) is 3. The third-order valence-corrected chi connectivity index (χ3v) is 3.99. The van der Waals surface area contributed by atoms with Gasteiger partial charge in [-0.2, -0.15) is 8.78 Å². The van der Waals surface area contributed by atoms with Gasteiger partial charge in [0.1, 0.15) is 0 Å². The predicted octanol–water partition coefficient (Wildman–Crippen LogP) is 4.81. The van der Waals surface area contributed by atoms with Gasteiger partial charge in [-0.15, -0.1) is 0 Å². The van der Waals surface area contributed by atoms with Crippen molar-refractivity contribution >= 4 is 45.0 Å². The molecule has 2 rings (SSSR count). The van der Waals surface area contributed by atoms with Crippen LogP contribution in [-0.2, 0) is 4.79 Å². The van der Waals surface area contributed by atoms with E-state index in [0.717, 1.165) is 10.2 Å². The van der Waals surface area contributed by atoms with E-state index in [9.17, 15) is 13.6 Å². The van der Waals surface area contributed by atoms with Crippen LogP contribution in [0.3, 0.4) is 0 Å². The SMILES string of the molecule is O=C(CNc1ccc(Br)cc1)Nc1ccccc1SC(F)F. The lowest BCUT2D eigenvalue weighted by Crippen LogP contribution is -2.22. The van der Waals surface area contributed by atoms with E-state index in [1.165, 1.54) is 0 Å². The van der Waals surface area contributed by atoms with Crippen molar-refractivity contribution in [2.24, 2.45) is 0 Å². The second-order valence-corrected chi connectivity index (χ2v) is 6.23. The fourth-order valence-electron chi connectivity index (χ4n) is 1.71. The Labute approximate surface area is 139 Å². The average Bonchev–Trinajstić information content (AvgIpc) is 2.48. The van der Waals surface area contributed by atoms with Crippen molar-refractivity contribution in [3.05, 3.63) is 53.0 Å². The molecule has 0 spiro atoms. The molecule has 0 aliphatic heterocycles. The molecule has 0 aromatic heterocycles. The lowest BCUT2D eigenvalue weighted by molar-refractivity contribution is -0.114. The van der Waals surface area contributed by atoms with Crippen LogP contribution in [0.5, 0.6) is 0 Å². The van der Waals surface area contributed by atoms with E-state index in [4.69, 9.17) is 0 Å². The molecule has 0 heterocycles. The zero-order valence-electron chi connectivity index (χ0n) is 11.4. The molecule has 2 aromatic carbocycles. The second kappa shape index (κ2) is 8.14. The number of carbonyl (C=O) groups excluding carboxylic acids is 1. The van der Waals surface area contributed by atoms with E-state index in [0.29, 0.717) is 22.3 Å². The number of rotatable bonds is 6. The third kappa shape index (κ3) is 5.31. The molecule has 2 aromatic rings. The highest BCUT2D eigenvalue weighted by atomic mass is 79.9. The van der Waals surface area contributed by atoms with E-state index < -0.39 is 5.76 Å². The maximum absolute atomic E-state index is 12.5. The Balaban J connectivity index is 1.93. The quantitative estimate of drug-likeness (QED) is 0.699. The molecule has 0 unspecified atom stereocenters. The molecule has 116 valence electrons. The fraction of sp³-hybridized carbons (Fsp3) is 0.133. The summed E-state index contributed by atoms with van der Waals surface area (Å²) in [5, 5.41) is 5.60. The highest BCUT2D eigenvalue weighted by Gasteiger charge is 2.11. The molecule has 0 saturated heterocycles. The number of amides is 1. The first-order valence-electron chi connectivity index (χ1n) is 6.38. The molecular weight excluding hydrogens is 374 g/mol. The van der Waals surface area contributed by atoms with Crippen molar-refractivity contribution in [3.63, 3.8) is 0 Å². The fourth-order valence-corrected chi connectivity index (χ4v) is 2.57. The second-order valence-electron chi connectivity index (χ2n) is 4.28. The van der Waals surface area contributed by atoms with Crippen molar-refractivity contribution in [1.82, 2.24) is 0 Å². The van der Waals surface area contributed by atoms with E-state index in [2.05, 4.69) is 26.6 Å². The van der Waals surface area contributed by atoms with Crippen molar-refractivity contribution in [2.75, 3.05) is 17.2 Å². The normalized spacial score (nSPS) is 10.5. The summed E-state index contributed by atoms with van der Waals surface area (Å²) in [7, 11) is 0. The van der Waals surface area contributed by atoms with E-state index in [1.807, 2.05) is 24.3 Å². The molecule has 0 radical (unpaired) electrons. The van der Waals surface area contributed by atoms with Gasteiger partial charge in [-0.1, -0.05) is 39.8 Å². The number of anilines is 2. The molecule has 1 amide bonds. The van der Waals surface area contributed by atoms with Gasteiger partial charge >= 0.3 is 0 Å². The van der Waals surface area contributed by atoms with Gasteiger partial charge in [0.2, 0.25) is 5.91 Å². The number of benzene rings is 2. The number of nitrogens with one attached hydrogen (secondary N) is 2. The van der Waals surface area contributed by atoms with Crippen LogP contribution in [0.15, 0.2) is 57.9 Å². The predicted molar refractivity (Wildman–Crippen MR) is 89.6 cm³/mol. The van der Waals surface area contributed by atoms with Crippen LogP contribution in [0.4, 0.5) is 20.2 Å². The Morgan fingerprint density at radius 3 is 2.50 bits per heavy atom. The number of alkyl halides is 2. The van der Waals surface area contributed by atoms with Gasteiger partial charge in [0, 0.05) is 15.1 Å². The van der Waals surface area contributed by atoms with E-state index in [-0.39, 0.29) is 12.5 Å². The van der Waals surface area contributed by atoms with Crippen molar-refractivity contribution in [2.45, 2.75) is 10.7 Å². The highest BCUT2D eigenvalue weighted by Crippen LogP contribution is 2.31. The van der Waals surface area contributed by atoms with Crippen LogP contribution in [0.1, 0.15) is 0 Å². The summed E-state index contributed by atoms with van der Waals surface area (Å²) in [6.45, 7) is 0.0509. The molecule has 0 bridgehead atoms. The third-order valence-electron chi connectivity index (χ3n) is 2.67. The van der Waals surface area contributed by atoms with Gasteiger partial charge in [-0.25, -0.2) is 0 Å².